The average Bonchev–Trinajstić information content (AvgIpc) is 3.22. The van der Waals surface area contributed by atoms with Crippen LogP contribution >= 0.6 is 0 Å². The van der Waals surface area contributed by atoms with Gasteiger partial charge in [0, 0.05) is 0 Å². The van der Waals surface area contributed by atoms with Gasteiger partial charge in [0.25, 0.3) is 0 Å². The third kappa shape index (κ3) is 5.69. The molecule has 4 aromatic carbocycles. The molecule has 174 valence electrons. The van der Waals surface area contributed by atoms with Gasteiger partial charge in [0.15, 0.2) is 0 Å². The maximum atomic E-state index is 2.47. The standard InChI is InChI=1S/C31H25.3ClH.Ti/c1-5-14-25(15-6-1)24-26-16-13-23-30(26)31(27-17-7-2-8-18-27,28-19-9-3-10-20-28)29-21-11-4-12-22-29;;;;/h1-12,14-15,17-23H,13,24H2;3*1H;/q;;;;+3/p-3. The van der Waals surface area contributed by atoms with Crippen molar-refractivity contribution in [1.82, 2.24) is 0 Å². The molecule has 0 saturated carbocycles. The Hall–Kier alpha value is -2.06. The summed E-state index contributed by atoms with van der Waals surface area (Å²) in [6, 6.07) is 43.9. The summed E-state index contributed by atoms with van der Waals surface area (Å²) < 4.78 is 1.47. The third-order valence-electron chi connectivity index (χ3n) is 6.45. The summed E-state index contributed by atoms with van der Waals surface area (Å²) in [5, 5.41) is 0. The molecule has 4 aromatic rings. The molecule has 1 aliphatic carbocycles. The van der Waals surface area contributed by atoms with Crippen LogP contribution in [0.2, 0.25) is 0 Å². The molecule has 0 atom stereocenters. The molecule has 0 fully saturated rings. The van der Waals surface area contributed by atoms with Crippen LogP contribution in [0.15, 0.2) is 142 Å². The van der Waals surface area contributed by atoms with Gasteiger partial charge in [-0.15, -0.1) is 0 Å². The molecular formula is C31H25Cl3Ti. The van der Waals surface area contributed by atoms with Crippen molar-refractivity contribution in [1.29, 1.82) is 0 Å². The fourth-order valence-electron chi connectivity index (χ4n) is 5.03. The van der Waals surface area contributed by atoms with Gasteiger partial charge in [0.1, 0.15) is 0 Å². The Morgan fingerprint density at radius 3 is 1.31 bits per heavy atom. The minimum absolute atomic E-state index is 0. The molecule has 1 aliphatic rings. The van der Waals surface area contributed by atoms with E-state index in [1.165, 1.54) is 37.3 Å². The number of rotatable bonds is 6. The summed E-state index contributed by atoms with van der Waals surface area (Å²) in [4.78, 5) is 0. The van der Waals surface area contributed by atoms with Crippen molar-refractivity contribution in [3.8, 4) is 0 Å². The monoisotopic (exact) mass is 550 g/mol. The Balaban J connectivity index is 0.00000144. The Labute approximate surface area is 239 Å². The molecule has 0 amide bonds. The number of allylic oxidation sites excluding steroid dienone is 4. The Morgan fingerprint density at radius 2 is 0.914 bits per heavy atom. The van der Waals surface area contributed by atoms with E-state index in [4.69, 9.17) is 0 Å². The molecule has 35 heavy (non-hydrogen) atoms. The second-order valence-corrected chi connectivity index (χ2v) is 9.23. The summed E-state index contributed by atoms with van der Waals surface area (Å²) in [6.07, 6.45) is 4.43. The van der Waals surface area contributed by atoms with Gasteiger partial charge < -0.3 is 37.2 Å². The molecule has 0 bridgehead atoms. The van der Waals surface area contributed by atoms with E-state index in [0.29, 0.717) is 0 Å². The van der Waals surface area contributed by atoms with E-state index in [1.807, 2.05) is 0 Å². The summed E-state index contributed by atoms with van der Waals surface area (Å²) in [5.41, 5.74) is 7.82. The van der Waals surface area contributed by atoms with Crippen LogP contribution in [0.3, 0.4) is 0 Å². The SMILES string of the molecule is [Cl-].[Cl-].[Cl-].[Ti+3][C]1=C(Cc2ccccc2)C(C(c2ccccc2)(c2ccccc2)c2ccccc2)=CC1. The maximum absolute atomic E-state index is 2.47. The Kier molecular flexibility index (Phi) is 11.1. The zero-order valence-electron chi connectivity index (χ0n) is 19.2. The van der Waals surface area contributed by atoms with Crippen LogP contribution < -0.4 is 37.2 Å². The average molecular weight is 552 g/mol. The molecular weight excluding hydrogens is 527 g/mol. The fourth-order valence-corrected chi connectivity index (χ4v) is 5.53. The van der Waals surface area contributed by atoms with E-state index in [0.717, 1.165) is 12.8 Å². The van der Waals surface area contributed by atoms with E-state index in [9.17, 15) is 0 Å². The van der Waals surface area contributed by atoms with Gasteiger partial charge in [-0.2, -0.15) is 0 Å². The molecule has 0 aromatic heterocycles. The Bertz CT molecular complexity index is 1160. The van der Waals surface area contributed by atoms with Gasteiger partial charge in [0.05, 0.1) is 0 Å². The topological polar surface area (TPSA) is 0 Å². The van der Waals surface area contributed by atoms with Gasteiger partial charge in [0.2, 0.25) is 0 Å². The third-order valence-corrected chi connectivity index (χ3v) is 7.24. The normalized spacial score (nSPS) is 12.7. The van der Waals surface area contributed by atoms with E-state index in [1.54, 1.807) is 0 Å². The molecule has 0 radical (unpaired) electrons. The second kappa shape index (κ2) is 13.3. The second-order valence-electron chi connectivity index (χ2n) is 8.29. The molecule has 0 unspecified atom stereocenters. The van der Waals surface area contributed by atoms with E-state index in [-0.39, 0.29) is 42.6 Å². The molecule has 0 N–H and O–H groups in total. The van der Waals surface area contributed by atoms with Crippen LogP contribution in [0.25, 0.3) is 0 Å². The van der Waals surface area contributed by atoms with Gasteiger partial charge in [-0.25, -0.2) is 0 Å². The minimum atomic E-state index is -0.356. The predicted octanol–water partition coefficient (Wildman–Crippen LogP) is -1.59. The van der Waals surface area contributed by atoms with Gasteiger partial charge in [-0.1, -0.05) is 0 Å². The summed E-state index contributed by atoms with van der Waals surface area (Å²) in [5.74, 6) is 0. The first-order chi connectivity index (χ1) is 15.8. The first-order valence-electron chi connectivity index (χ1n) is 11.2. The van der Waals surface area contributed by atoms with Gasteiger partial charge in [-0.05, 0) is 0 Å². The summed E-state index contributed by atoms with van der Waals surface area (Å²) in [6.45, 7) is 0. The molecule has 0 nitrogen and oxygen atoms in total. The quantitative estimate of drug-likeness (QED) is 0.200. The van der Waals surface area contributed by atoms with Crippen molar-refractivity contribution in [2.24, 2.45) is 0 Å². The van der Waals surface area contributed by atoms with Crippen molar-refractivity contribution in [3.63, 3.8) is 0 Å². The predicted molar refractivity (Wildman–Crippen MR) is 129 cm³/mol. The summed E-state index contributed by atoms with van der Waals surface area (Å²) >= 11 is 2.30. The molecule has 0 saturated heterocycles. The van der Waals surface area contributed by atoms with Crippen molar-refractivity contribution in [3.05, 3.63) is 165 Å². The fraction of sp³-hybridized carbons (Fsp3) is 0.0968. The number of halogens is 3. The number of hydrogen-bond donors (Lipinski definition) is 0. The van der Waals surface area contributed by atoms with Crippen molar-refractivity contribution in [2.75, 3.05) is 0 Å². The number of hydrogen-bond acceptors (Lipinski definition) is 0. The van der Waals surface area contributed by atoms with Crippen LogP contribution in [0, 0.1) is 0 Å². The molecule has 4 heteroatoms. The Morgan fingerprint density at radius 1 is 0.543 bits per heavy atom. The van der Waals surface area contributed by atoms with Crippen molar-refractivity contribution < 1.29 is 57.7 Å². The zero-order chi connectivity index (χ0) is 21.8. The van der Waals surface area contributed by atoms with E-state index < -0.39 is 0 Å². The van der Waals surface area contributed by atoms with Gasteiger partial charge >= 0.3 is 203 Å². The van der Waals surface area contributed by atoms with Crippen LogP contribution in [-0.4, -0.2) is 0 Å². The summed E-state index contributed by atoms with van der Waals surface area (Å²) in [7, 11) is 0. The van der Waals surface area contributed by atoms with Gasteiger partial charge in [-0.3, -0.25) is 0 Å². The van der Waals surface area contributed by atoms with E-state index in [2.05, 4.69) is 148 Å². The first-order valence-corrected chi connectivity index (χ1v) is 11.9. The van der Waals surface area contributed by atoms with Crippen molar-refractivity contribution >= 4 is 0 Å². The van der Waals surface area contributed by atoms with E-state index >= 15 is 0 Å². The molecule has 0 spiro atoms. The molecule has 5 rings (SSSR count). The van der Waals surface area contributed by atoms with Crippen LogP contribution in [0.1, 0.15) is 28.7 Å². The molecule has 0 heterocycles. The first kappa shape index (κ1) is 29.2. The van der Waals surface area contributed by atoms with Crippen LogP contribution in [-0.2, 0) is 32.3 Å². The van der Waals surface area contributed by atoms with Crippen molar-refractivity contribution in [2.45, 2.75) is 18.3 Å². The van der Waals surface area contributed by atoms with Crippen LogP contribution in [0.5, 0.6) is 0 Å². The van der Waals surface area contributed by atoms with Crippen LogP contribution in [0.4, 0.5) is 0 Å². The number of benzene rings is 4. The molecule has 0 aliphatic heterocycles. The zero-order valence-corrected chi connectivity index (χ0v) is 23.0.